The first-order chi connectivity index (χ1) is 9.08. The smallest absolute Gasteiger partial charge is 0.119 e. The fourth-order valence-corrected chi connectivity index (χ4v) is 1.73. The lowest BCUT2D eigenvalue weighted by molar-refractivity contribution is 0.0926. The summed E-state index contributed by atoms with van der Waals surface area (Å²) in [6.45, 7) is 8.47. The van der Waals surface area contributed by atoms with Crippen LogP contribution in [-0.4, -0.2) is 25.9 Å². The molecule has 1 unspecified atom stereocenters. The summed E-state index contributed by atoms with van der Waals surface area (Å²) in [6, 6.07) is 8.31. The average Bonchev–Trinajstić information content (AvgIpc) is 2.34. The van der Waals surface area contributed by atoms with Gasteiger partial charge in [-0.25, -0.2) is 0 Å². The monoisotopic (exact) mass is 265 g/mol. The van der Waals surface area contributed by atoms with E-state index < -0.39 is 0 Å². The van der Waals surface area contributed by atoms with E-state index >= 15 is 0 Å². The molecule has 0 heterocycles. The lowest BCUT2D eigenvalue weighted by Gasteiger charge is -2.09. The molecule has 3 heteroatoms. The van der Waals surface area contributed by atoms with Crippen molar-refractivity contribution in [3.05, 3.63) is 29.8 Å². The highest BCUT2D eigenvalue weighted by Crippen LogP contribution is 2.13. The van der Waals surface area contributed by atoms with E-state index in [2.05, 4.69) is 26.0 Å². The summed E-state index contributed by atoms with van der Waals surface area (Å²) in [5, 5.41) is 0. The first-order valence-electron chi connectivity index (χ1n) is 7.13. The number of hydrogen-bond acceptors (Lipinski definition) is 3. The molecule has 0 spiro atoms. The first-order valence-corrected chi connectivity index (χ1v) is 7.13. The second-order valence-electron chi connectivity index (χ2n) is 5.47. The Balaban J connectivity index is 2.16. The van der Waals surface area contributed by atoms with Gasteiger partial charge in [0.2, 0.25) is 0 Å². The van der Waals surface area contributed by atoms with E-state index in [0.717, 1.165) is 25.2 Å². The minimum atomic E-state index is 0.195. The molecule has 1 rings (SSSR count). The van der Waals surface area contributed by atoms with Crippen molar-refractivity contribution >= 4 is 0 Å². The molecular weight excluding hydrogens is 238 g/mol. The van der Waals surface area contributed by atoms with E-state index in [1.807, 2.05) is 19.1 Å². The van der Waals surface area contributed by atoms with Crippen molar-refractivity contribution < 1.29 is 9.47 Å². The van der Waals surface area contributed by atoms with Crippen LogP contribution in [0.4, 0.5) is 0 Å². The van der Waals surface area contributed by atoms with E-state index in [4.69, 9.17) is 15.2 Å². The summed E-state index contributed by atoms with van der Waals surface area (Å²) >= 11 is 0. The summed E-state index contributed by atoms with van der Waals surface area (Å²) in [5.41, 5.74) is 7.01. The quantitative estimate of drug-likeness (QED) is 0.698. The molecule has 0 fully saturated rings. The molecule has 0 aliphatic carbocycles. The molecule has 1 atom stereocenters. The van der Waals surface area contributed by atoms with Crippen LogP contribution in [0.1, 0.15) is 32.8 Å². The van der Waals surface area contributed by atoms with Crippen LogP contribution < -0.4 is 10.5 Å². The third-order valence-corrected chi connectivity index (χ3v) is 2.82. The Morgan fingerprint density at radius 2 is 1.68 bits per heavy atom. The highest BCUT2D eigenvalue weighted by atomic mass is 16.5. The molecule has 19 heavy (non-hydrogen) atoms. The Labute approximate surface area is 117 Å². The van der Waals surface area contributed by atoms with Gasteiger partial charge in [0.15, 0.2) is 0 Å². The average molecular weight is 265 g/mol. The van der Waals surface area contributed by atoms with E-state index in [9.17, 15) is 0 Å². The molecule has 0 amide bonds. The molecule has 0 aliphatic rings. The van der Waals surface area contributed by atoms with Crippen molar-refractivity contribution in [2.75, 3.05) is 19.8 Å². The molecular formula is C16H27NO2. The zero-order chi connectivity index (χ0) is 14.1. The molecule has 0 aliphatic heterocycles. The normalized spacial score (nSPS) is 12.7. The Bertz CT molecular complexity index is 333. The Kier molecular flexibility index (Phi) is 7.53. The van der Waals surface area contributed by atoms with Crippen molar-refractivity contribution in [1.82, 2.24) is 0 Å². The number of hydrogen-bond donors (Lipinski definition) is 1. The van der Waals surface area contributed by atoms with Gasteiger partial charge in [-0.3, -0.25) is 0 Å². The van der Waals surface area contributed by atoms with Gasteiger partial charge >= 0.3 is 0 Å². The van der Waals surface area contributed by atoms with E-state index in [1.165, 1.54) is 5.56 Å². The Morgan fingerprint density at radius 3 is 2.26 bits per heavy atom. The van der Waals surface area contributed by atoms with Gasteiger partial charge in [-0.2, -0.15) is 0 Å². The maximum atomic E-state index is 5.76. The third kappa shape index (κ3) is 7.85. The predicted molar refractivity (Wildman–Crippen MR) is 79.6 cm³/mol. The second kappa shape index (κ2) is 8.94. The zero-order valence-corrected chi connectivity index (χ0v) is 12.4. The van der Waals surface area contributed by atoms with Gasteiger partial charge in [-0.1, -0.05) is 26.0 Å². The maximum absolute atomic E-state index is 5.76. The molecule has 0 aromatic heterocycles. The van der Waals surface area contributed by atoms with Crippen molar-refractivity contribution in [2.45, 2.75) is 39.7 Å². The summed E-state index contributed by atoms with van der Waals surface area (Å²) in [4.78, 5) is 0. The van der Waals surface area contributed by atoms with E-state index in [-0.39, 0.29) is 6.04 Å². The molecule has 0 saturated heterocycles. The number of benzene rings is 1. The first kappa shape index (κ1) is 16.0. The number of nitrogens with two attached hydrogens (primary N) is 1. The zero-order valence-electron chi connectivity index (χ0n) is 12.4. The van der Waals surface area contributed by atoms with E-state index in [0.29, 0.717) is 19.1 Å². The lowest BCUT2D eigenvalue weighted by atomic mass is 10.1. The van der Waals surface area contributed by atoms with Gasteiger partial charge in [-0.15, -0.1) is 0 Å². The minimum absolute atomic E-state index is 0.195. The van der Waals surface area contributed by atoms with Crippen LogP contribution in [0.3, 0.4) is 0 Å². The van der Waals surface area contributed by atoms with Crippen LogP contribution in [0.5, 0.6) is 5.75 Å². The molecule has 3 nitrogen and oxygen atoms in total. The van der Waals surface area contributed by atoms with Crippen molar-refractivity contribution in [1.29, 1.82) is 0 Å². The van der Waals surface area contributed by atoms with Crippen molar-refractivity contribution in [3.8, 4) is 5.75 Å². The van der Waals surface area contributed by atoms with Gasteiger partial charge in [-0.05, 0) is 43.4 Å². The number of rotatable bonds is 9. The summed E-state index contributed by atoms with van der Waals surface area (Å²) < 4.78 is 11.1. The van der Waals surface area contributed by atoms with Crippen LogP contribution in [0, 0.1) is 5.92 Å². The van der Waals surface area contributed by atoms with Crippen LogP contribution >= 0.6 is 0 Å². The van der Waals surface area contributed by atoms with Gasteiger partial charge in [0, 0.05) is 12.6 Å². The molecule has 0 radical (unpaired) electrons. The topological polar surface area (TPSA) is 44.5 Å². The van der Waals surface area contributed by atoms with Crippen LogP contribution in [0.15, 0.2) is 24.3 Å². The molecule has 108 valence electrons. The van der Waals surface area contributed by atoms with Gasteiger partial charge in [0.1, 0.15) is 12.4 Å². The van der Waals surface area contributed by atoms with Crippen molar-refractivity contribution in [3.63, 3.8) is 0 Å². The molecule has 0 saturated carbocycles. The summed E-state index contributed by atoms with van der Waals surface area (Å²) in [7, 11) is 0. The maximum Gasteiger partial charge on any atom is 0.119 e. The molecule has 2 N–H and O–H groups in total. The highest BCUT2D eigenvalue weighted by molar-refractivity contribution is 5.27. The van der Waals surface area contributed by atoms with Gasteiger partial charge < -0.3 is 15.2 Å². The van der Waals surface area contributed by atoms with Gasteiger partial charge in [0.05, 0.1) is 6.61 Å². The SMILES string of the molecule is CC(C)CCOCCOc1ccc(CC(C)N)cc1. The standard InChI is InChI=1S/C16H27NO2/c1-13(2)8-9-18-10-11-19-16-6-4-15(5-7-16)12-14(3)17/h4-7,13-14H,8-12,17H2,1-3H3. The number of ether oxygens (including phenoxy) is 2. The Hall–Kier alpha value is -1.06. The van der Waals surface area contributed by atoms with Crippen LogP contribution in [0.2, 0.25) is 0 Å². The van der Waals surface area contributed by atoms with Crippen LogP contribution in [0.25, 0.3) is 0 Å². The minimum Gasteiger partial charge on any atom is -0.491 e. The Morgan fingerprint density at radius 1 is 1.00 bits per heavy atom. The second-order valence-corrected chi connectivity index (χ2v) is 5.47. The highest BCUT2D eigenvalue weighted by Gasteiger charge is 1.99. The van der Waals surface area contributed by atoms with E-state index in [1.54, 1.807) is 0 Å². The van der Waals surface area contributed by atoms with Crippen LogP contribution in [-0.2, 0) is 11.2 Å². The summed E-state index contributed by atoms with van der Waals surface area (Å²) in [6.07, 6.45) is 2.00. The molecule has 1 aromatic carbocycles. The lowest BCUT2D eigenvalue weighted by Crippen LogP contribution is -2.17. The fourth-order valence-electron chi connectivity index (χ4n) is 1.73. The molecule has 1 aromatic rings. The predicted octanol–water partition coefficient (Wildman–Crippen LogP) is 3.02. The third-order valence-electron chi connectivity index (χ3n) is 2.82. The molecule has 0 bridgehead atoms. The summed E-state index contributed by atoms with van der Waals surface area (Å²) in [5.74, 6) is 1.58. The largest absolute Gasteiger partial charge is 0.491 e. The van der Waals surface area contributed by atoms with Gasteiger partial charge in [0.25, 0.3) is 0 Å². The fraction of sp³-hybridized carbons (Fsp3) is 0.625. The van der Waals surface area contributed by atoms with Crippen molar-refractivity contribution in [2.24, 2.45) is 11.7 Å².